The lowest BCUT2D eigenvalue weighted by Crippen LogP contribution is -2.47. The molecule has 0 aromatic carbocycles. The third-order valence-electron chi connectivity index (χ3n) is 11.8. The molecule has 4 rings (SSSR count). The summed E-state index contributed by atoms with van der Waals surface area (Å²) in [6.45, 7) is 31.5. The fraction of sp³-hybridized carbons (Fsp3) is 0.950. The third-order valence-corrected chi connectivity index (χ3v) is 11.8. The van der Waals surface area contributed by atoms with Crippen LogP contribution in [0.5, 0.6) is 0 Å². The molecule has 0 spiro atoms. The van der Waals surface area contributed by atoms with E-state index >= 15 is 0 Å². The number of rotatable bonds is 19. The highest BCUT2D eigenvalue weighted by Gasteiger charge is 2.26. The minimum absolute atomic E-state index is 0.126. The van der Waals surface area contributed by atoms with Crippen molar-refractivity contribution in [2.45, 2.75) is 80.1 Å². The number of carbonyl (C=O) groups excluding carboxylic acids is 2. The molecule has 4 fully saturated rings. The number of carbonyl (C=O) groups is 2. The van der Waals surface area contributed by atoms with Gasteiger partial charge in [-0.1, -0.05) is 41.5 Å². The molecule has 51 heavy (non-hydrogen) atoms. The van der Waals surface area contributed by atoms with Crippen molar-refractivity contribution in [2.75, 3.05) is 138 Å². The van der Waals surface area contributed by atoms with E-state index in [4.69, 9.17) is 18.9 Å². The van der Waals surface area contributed by atoms with Gasteiger partial charge in [0.05, 0.1) is 33.0 Å². The maximum atomic E-state index is 12.2. The molecule has 0 bridgehead atoms. The van der Waals surface area contributed by atoms with Crippen LogP contribution in [0, 0.1) is 29.6 Å². The Balaban J connectivity index is 0.000000276. The second kappa shape index (κ2) is 25.6. The topological polar surface area (TPSA) is 87.3 Å². The summed E-state index contributed by atoms with van der Waals surface area (Å²) in [5, 5.41) is 0. The summed E-state index contributed by atoms with van der Waals surface area (Å²) >= 11 is 0. The van der Waals surface area contributed by atoms with Gasteiger partial charge in [-0.3, -0.25) is 14.5 Å². The van der Waals surface area contributed by atoms with Gasteiger partial charge >= 0.3 is 0 Å². The lowest BCUT2D eigenvalue weighted by Gasteiger charge is -2.34. The van der Waals surface area contributed by atoms with Crippen LogP contribution in [0.3, 0.4) is 0 Å². The Hall–Kier alpha value is -1.34. The molecule has 0 radical (unpaired) electrons. The van der Waals surface area contributed by atoms with Crippen molar-refractivity contribution < 1.29 is 28.5 Å². The molecule has 4 aliphatic rings. The standard InChI is InChI=1S/C20H39N3O3.C20H38N2O3/c1-4-21-9-11-22(12-10-21)13-14-25-15-16-26-17-20(24)23-7-5-19(6-8-23)18(2)3;1-4-21-9-5-18(6-10-21)15-24-13-14-25-16-20(23)22-11-7-19(8-12-22)17(2)3/h18-19H,4-17H2,1-3H3;17-19H,4-16H2,1-3H3. The van der Waals surface area contributed by atoms with Crippen molar-refractivity contribution in [1.82, 2.24) is 24.5 Å². The zero-order chi connectivity index (χ0) is 36.8. The molecule has 11 heteroatoms. The third kappa shape index (κ3) is 17.6. The first-order valence-electron chi connectivity index (χ1n) is 20.7. The Morgan fingerprint density at radius 3 is 1.37 bits per heavy atom. The molecule has 2 amide bonds. The van der Waals surface area contributed by atoms with Gasteiger partial charge in [-0.25, -0.2) is 0 Å². The predicted octanol–water partition coefficient (Wildman–Crippen LogP) is 4.20. The summed E-state index contributed by atoms with van der Waals surface area (Å²) in [5.41, 5.74) is 0. The molecule has 0 unspecified atom stereocenters. The van der Waals surface area contributed by atoms with Crippen LogP contribution in [0.15, 0.2) is 0 Å². The number of amides is 2. The van der Waals surface area contributed by atoms with E-state index in [9.17, 15) is 9.59 Å². The number of piperazine rings is 1. The first-order valence-corrected chi connectivity index (χ1v) is 20.7. The van der Waals surface area contributed by atoms with Crippen molar-refractivity contribution in [2.24, 2.45) is 29.6 Å². The van der Waals surface area contributed by atoms with Crippen LogP contribution < -0.4 is 0 Å². The van der Waals surface area contributed by atoms with E-state index in [1.54, 1.807) is 0 Å². The van der Waals surface area contributed by atoms with Crippen molar-refractivity contribution in [3.8, 4) is 0 Å². The normalized spacial score (nSPS) is 21.0. The van der Waals surface area contributed by atoms with Crippen molar-refractivity contribution in [3.63, 3.8) is 0 Å². The molecule has 11 nitrogen and oxygen atoms in total. The van der Waals surface area contributed by atoms with Gasteiger partial charge in [-0.05, 0) is 94.3 Å². The fourth-order valence-electron chi connectivity index (χ4n) is 7.71. The van der Waals surface area contributed by atoms with Crippen LogP contribution in [0.25, 0.3) is 0 Å². The van der Waals surface area contributed by atoms with Gasteiger partial charge in [0.25, 0.3) is 0 Å². The number of piperidine rings is 3. The molecule has 0 aliphatic carbocycles. The number of hydrogen-bond donors (Lipinski definition) is 0. The van der Waals surface area contributed by atoms with Crippen LogP contribution in [0.4, 0.5) is 0 Å². The van der Waals surface area contributed by atoms with Crippen LogP contribution in [0.1, 0.15) is 80.1 Å². The number of likely N-dealkylation sites (N-methyl/N-ethyl adjacent to an activating group) is 1. The number of hydrogen-bond acceptors (Lipinski definition) is 9. The van der Waals surface area contributed by atoms with Crippen molar-refractivity contribution in [3.05, 3.63) is 0 Å². The van der Waals surface area contributed by atoms with Gasteiger partial charge in [0.1, 0.15) is 13.2 Å². The number of ether oxygens (including phenoxy) is 4. The molecule has 0 N–H and O–H groups in total. The minimum Gasteiger partial charge on any atom is -0.379 e. The molecule has 0 atom stereocenters. The molecule has 4 saturated heterocycles. The van der Waals surface area contributed by atoms with E-state index in [1.807, 2.05) is 9.80 Å². The van der Waals surface area contributed by atoms with Crippen molar-refractivity contribution >= 4 is 11.8 Å². The Labute approximate surface area is 312 Å². The number of nitrogens with zero attached hydrogens (tertiary/aromatic N) is 5. The van der Waals surface area contributed by atoms with Crippen LogP contribution >= 0.6 is 0 Å². The van der Waals surface area contributed by atoms with Crippen LogP contribution in [-0.4, -0.2) is 174 Å². The minimum atomic E-state index is 0.126. The highest BCUT2D eigenvalue weighted by atomic mass is 16.5. The average Bonchev–Trinajstić information content (AvgIpc) is 3.16. The molecular formula is C40H77N5O6. The lowest BCUT2D eigenvalue weighted by atomic mass is 9.87. The second-order valence-corrected chi connectivity index (χ2v) is 15.9. The van der Waals surface area contributed by atoms with Gasteiger partial charge in [-0.2, -0.15) is 0 Å². The highest BCUT2D eigenvalue weighted by molar-refractivity contribution is 5.77. The van der Waals surface area contributed by atoms with E-state index < -0.39 is 0 Å². The van der Waals surface area contributed by atoms with Crippen molar-refractivity contribution in [1.29, 1.82) is 0 Å². The summed E-state index contributed by atoms with van der Waals surface area (Å²) < 4.78 is 22.4. The molecule has 298 valence electrons. The molecule has 0 aromatic heterocycles. The summed E-state index contributed by atoms with van der Waals surface area (Å²) in [7, 11) is 0. The van der Waals surface area contributed by atoms with Gasteiger partial charge in [0.2, 0.25) is 11.8 Å². The van der Waals surface area contributed by atoms with Gasteiger partial charge < -0.3 is 38.5 Å². The van der Waals surface area contributed by atoms with Gasteiger partial charge in [0, 0.05) is 65.5 Å². The SMILES string of the molecule is CCN1CCC(COCCOCC(=O)N2CCC(C(C)C)CC2)CC1.CCN1CCN(CCOCCOCC(=O)N2CCC(C(C)C)CC2)CC1. The molecule has 4 heterocycles. The summed E-state index contributed by atoms with van der Waals surface area (Å²) in [6.07, 6.45) is 6.98. The van der Waals surface area contributed by atoms with Crippen LogP contribution in [-0.2, 0) is 28.5 Å². The lowest BCUT2D eigenvalue weighted by molar-refractivity contribution is -0.139. The Morgan fingerprint density at radius 2 is 0.922 bits per heavy atom. The van der Waals surface area contributed by atoms with Gasteiger partial charge in [0.15, 0.2) is 0 Å². The summed E-state index contributed by atoms with van der Waals surface area (Å²) in [6, 6.07) is 0. The van der Waals surface area contributed by atoms with E-state index in [-0.39, 0.29) is 25.0 Å². The monoisotopic (exact) mass is 724 g/mol. The second-order valence-electron chi connectivity index (χ2n) is 15.9. The quantitative estimate of drug-likeness (QED) is 0.182. The summed E-state index contributed by atoms with van der Waals surface area (Å²) in [4.78, 5) is 35.7. The molecular weight excluding hydrogens is 646 g/mol. The highest BCUT2D eigenvalue weighted by Crippen LogP contribution is 2.25. The number of likely N-dealkylation sites (tertiary alicyclic amines) is 3. The first-order chi connectivity index (χ1) is 24.7. The van der Waals surface area contributed by atoms with E-state index in [0.29, 0.717) is 32.3 Å². The Morgan fingerprint density at radius 1 is 0.510 bits per heavy atom. The maximum absolute atomic E-state index is 12.2. The largest absolute Gasteiger partial charge is 0.379 e. The smallest absolute Gasteiger partial charge is 0.248 e. The van der Waals surface area contributed by atoms with E-state index in [0.717, 1.165) is 135 Å². The Kier molecular flexibility index (Phi) is 22.1. The first kappa shape index (κ1) is 44.1. The maximum Gasteiger partial charge on any atom is 0.248 e. The predicted molar refractivity (Wildman–Crippen MR) is 205 cm³/mol. The zero-order valence-electron chi connectivity index (χ0n) is 33.7. The van der Waals surface area contributed by atoms with Crippen LogP contribution in [0.2, 0.25) is 0 Å². The molecule has 4 aliphatic heterocycles. The Bertz CT molecular complexity index is 909. The zero-order valence-corrected chi connectivity index (χ0v) is 33.7. The summed E-state index contributed by atoms with van der Waals surface area (Å²) in [5.74, 6) is 3.92. The van der Waals surface area contributed by atoms with E-state index in [2.05, 4.69) is 56.2 Å². The van der Waals surface area contributed by atoms with E-state index in [1.165, 1.54) is 25.9 Å². The average molecular weight is 724 g/mol. The molecule has 0 aromatic rings. The fourth-order valence-corrected chi connectivity index (χ4v) is 7.71. The van der Waals surface area contributed by atoms with Gasteiger partial charge in [-0.15, -0.1) is 0 Å². The molecule has 0 saturated carbocycles.